The van der Waals surface area contributed by atoms with Crippen molar-refractivity contribution >= 4 is 17.3 Å². The number of carboxylic acid groups (broad SMARTS) is 1. The quantitative estimate of drug-likeness (QED) is 0.909. The predicted octanol–water partition coefficient (Wildman–Crippen LogP) is 2.28. The van der Waals surface area contributed by atoms with E-state index >= 15 is 0 Å². The van der Waals surface area contributed by atoms with Crippen LogP contribution in [0.2, 0.25) is 0 Å². The molecule has 2 aromatic rings. The first-order valence-corrected chi connectivity index (χ1v) is 6.63. The fourth-order valence-electron chi connectivity index (χ4n) is 1.51. The van der Waals surface area contributed by atoms with Gasteiger partial charge in [-0.2, -0.15) is 0 Å². The number of aromatic carboxylic acids is 1. The molecule has 0 saturated heterocycles. The van der Waals surface area contributed by atoms with Crippen molar-refractivity contribution in [1.82, 2.24) is 14.8 Å². The highest BCUT2D eigenvalue weighted by Crippen LogP contribution is 2.34. The van der Waals surface area contributed by atoms with E-state index in [0.29, 0.717) is 11.6 Å². The summed E-state index contributed by atoms with van der Waals surface area (Å²) >= 11 is 1.25. The van der Waals surface area contributed by atoms with Crippen LogP contribution < -0.4 is 4.74 Å². The molecule has 0 aromatic carbocycles. The van der Waals surface area contributed by atoms with Gasteiger partial charge in [0.1, 0.15) is 18.7 Å². The van der Waals surface area contributed by atoms with E-state index in [0.717, 1.165) is 4.88 Å². The molecule has 7 heteroatoms. The highest BCUT2D eigenvalue weighted by Gasteiger charge is 2.18. The van der Waals surface area contributed by atoms with E-state index in [1.807, 2.05) is 20.9 Å². The van der Waals surface area contributed by atoms with Gasteiger partial charge in [0.2, 0.25) is 0 Å². The van der Waals surface area contributed by atoms with E-state index in [2.05, 4.69) is 10.2 Å². The normalized spacial score (nSPS) is 10.9. The van der Waals surface area contributed by atoms with Gasteiger partial charge in [0, 0.05) is 11.9 Å². The minimum atomic E-state index is -0.968. The Bertz CT molecular complexity index is 589. The molecule has 19 heavy (non-hydrogen) atoms. The zero-order valence-corrected chi connectivity index (χ0v) is 11.8. The molecule has 0 spiro atoms. The maximum absolute atomic E-state index is 11.2. The zero-order valence-electron chi connectivity index (χ0n) is 11.0. The molecule has 0 atom stereocenters. The Balaban J connectivity index is 2.19. The number of thiophene rings is 1. The summed E-state index contributed by atoms with van der Waals surface area (Å²) in [6, 6.07) is 1.79. The summed E-state index contributed by atoms with van der Waals surface area (Å²) in [6.07, 6.45) is 1.57. The lowest BCUT2D eigenvalue weighted by molar-refractivity contribution is 0.0697. The molecule has 2 aromatic heterocycles. The number of rotatable bonds is 5. The second-order valence-corrected chi connectivity index (χ2v) is 5.53. The molecule has 0 aliphatic heterocycles. The fraction of sp³-hybridized carbons (Fsp3) is 0.417. The summed E-state index contributed by atoms with van der Waals surface area (Å²) in [5, 5.41) is 16.8. The molecule has 0 aliphatic rings. The van der Waals surface area contributed by atoms with E-state index in [9.17, 15) is 4.79 Å². The van der Waals surface area contributed by atoms with Crippen molar-refractivity contribution in [2.24, 2.45) is 7.05 Å². The van der Waals surface area contributed by atoms with Gasteiger partial charge in [-0.25, -0.2) is 4.79 Å². The maximum Gasteiger partial charge on any atom is 0.349 e. The highest BCUT2D eigenvalue weighted by molar-refractivity contribution is 7.14. The van der Waals surface area contributed by atoms with Crippen LogP contribution in [-0.4, -0.2) is 25.8 Å². The first-order valence-electron chi connectivity index (χ1n) is 5.81. The van der Waals surface area contributed by atoms with E-state index in [1.165, 1.54) is 11.3 Å². The summed E-state index contributed by atoms with van der Waals surface area (Å²) in [4.78, 5) is 12.4. The number of carboxylic acids is 1. The van der Waals surface area contributed by atoms with E-state index in [4.69, 9.17) is 9.84 Å². The molecule has 0 radical (unpaired) electrons. The van der Waals surface area contributed by atoms with Gasteiger partial charge in [-0.1, -0.05) is 13.8 Å². The standard InChI is InChI=1S/C12H15N3O3S/c1-7(2)9-4-8(11(19-9)12(16)17)18-5-10-14-13-6-15(10)3/h4,6-7H,5H2,1-3H3,(H,16,17). The number of hydrogen-bond donors (Lipinski definition) is 1. The predicted molar refractivity (Wildman–Crippen MR) is 70.7 cm³/mol. The van der Waals surface area contributed by atoms with Gasteiger partial charge < -0.3 is 14.4 Å². The Hall–Kier alpha value is -1.89. The molecule has 2 rings (SSSR count). The number of nitrogens with zero attached hydrogens (tertiary/aromatic N) is 3. The Morgan fingerprint density at radius 1 is 1.58 bits per heavy atom. The number of aromatic nitrogens is 3. The number of carbonyl (C=O) groups is 1. The van der Waals surface area contributed by atoms with Crippen molar-refractivity contribution < 1.29 is 14.6 Å². The molecule has 0 saturated carbocycles. The number of aryl methyl sites for hydroxylation is 1. The third-order valence-electron chi connectivity index (χ3n) is 2.64. The monoisotopic (exact) mass is 281 g/mol. The molecule has 0 fully saturated rings. The molecule has 0 aliphatic carbocycles. The molecule has 0 bridgehead atoms. The van der Waals surface area contributed by atoms with Crippen molar-refractivity contribution in [2.75, 3.05) is 0 Å². The van der Waals surface area contributed by atoms with Crippen LogP contribution in [0.15, 0.2) is 12.4 Å². The molecule has 1 N–H and O–H groups in total. The summed E-state index contributed by atoms with van der Waals surface area (Å²) in [5.41, 5.74) is 0. The molecule has 0 unspecified atom stereocenters. The van der Waals surface area contributed by atoms with Crippen LogP contribution in [0.25, 0.3) is 0 Å². The van der Waals surface area contributed by atoms with Crippen molar-refractivity contribution in [1.29, 1.82) is 0 Å². The van der Waals surface area contributed by atoms with Crippen molar-refractivity contribution in [2.45, 2.75) is 26.4 Å². The third-order valence-corrected chi connectivity index (χ3v) is 4.05. The third kappa shape index (κ3) is 2.93. The lowest BCUT2D eigenvalue weighted by Crippen LogP contribution is -2.04. The maximum atomic E-state index is 11.2. The Kier molecular flexibility index (Phi) is 3.84. The van der Waals surface area contributed by atoms with Crippen LogP contribution >= 0.6 is 11.3 Å². The van der Waals surface area contributed by atoms with Crippen molar-refractivity contribution in [3.05, 3.63) is 28.0 Å². The van der Waals surface area contributed by atoms with Gasteiger partial charge in [0.05, 0.1) is 0 Å². The Morgan fingerprint density at radius 3 is 2.84 bits per heavy atom. The van der Waals surface area contributed by atoms with Crippen LogP contribution in [0, 0.1) is 0 Å². The van der Waals surface area contributed by atoms with Gasteiger partial charge in [-0.15, -0.1) is 21.5 Å². The summed E-state index contributed by atoms with van der Waals surface area (Å²) < 4.78 is 7.29. The topological polar surface area (TPSA) is 77.2 Å². The second-order valence-electron chi connectivity index (χ2n) is 4.45. The molecular formula is C12H15N3O3S. The Labute approximate surface area is 114 Å². The fourth-order valence-corrected chi connectivity index (χ4v) is 2.46. The van der Waals surface area contributed by atoms with E-state index < -0.39 is 5.97 Å². The largest absolute Gasteiger partial charge is 0.484 e. The van der Waals surface area contributed by atoms with Crippen LogP contribution in [-0.2, 0) is 13.7 Å². The molecule has 102 valence electrons. The average molecular weight is 281 g/mol. The molecular weight excluding hydrogens is 266 g/mol. The first-order chi connectivity index (χ1) is 8.99. The number of ether oxygens (including phenoxy) is 1. The summed E-state index contributed by atoms with van der Waals surface area (Å²) in [5.74, 6) is 0.345. The van der Waals surface area contributed by atoms with Gasteiger partial charge in [0.25, 0.3) is 0 Å². The average Bonchev–Trinajstić information content (AvgIpc) is 2.92. The van der Waals surface area contributed by atoms with Gasteiger partial charge in [0.15, 0.2) is 10.7 Å². The van der Waals surface area contributed by atoms with E-state index in [-0.39, 0.29) is 17.4 Å². The first kappa shape index (κ1) is 13.5. The minimum absolute atomic E-state index is 0.199. The van der Waals surface area contributed by atoms with Crippen molar-refractivity contribution in [3.8, 4) is 5.75 Å². The lowest BCUT2D eigenvalue weighted by Gasteiger charge is -2.04. The smallest absolute Gasteiger partial charge is 0.349 e. The van der Waals surface area contributed by atoms with E-state index in [1.54, 1.807) is 17.0 Å². The SMILES string of the molecule is CC(C)c1cc(OCc2nncn2C)c(C(=O)O)s1. The van der Waals surface area contributed by atoms with Gasteiger partial charge in [-0.3, -0.25) is 0 Å². The number of hydrogen-bond acceptors (Lipinski definition) is 5. The minimum Gasteiger partial charge on any atom is -0.484 e. The van der Waals surface area contributed by atoms with Crippen molar-refractivity contribution in [3.63, 3.8) is 0 Å². The van der Waals surface area contributed by atoms with Crippen LogP contribution in [0.5, 0.6) is 5.75 Å². The lowest BCUT2D eigenvalue weighted by atomic mass is 10.2. The van der Waals surface area contributed by atoms with Gasteiger partial charge >= 0.3 is 5.97 Å². The summed E-state index contributed by atoms with van der Waals surface area (Å²) in [7, 11) is 1.81. The highest BCUT2D eigenvalue weighted by atomic mass is 32.1. The van der Waals surface area contributed by atoms with Crippen LogP contribution in [0.1, 0.15) is 40.1 Å². The molecule has 6 nitrogen and oxygen atoms in total. The van der Waals surface area contributed by atoms with Crippen LogP contribution in [0.3, 0.4) is 0 Å². The second kappa shape index (κ2) is 5.40. The van der Waals surface area contributed by atoms with Crippen LogP contribution in [0.4, 0.5) is 0 Å². The van der Waals surface area contributed by atoms with Gasteiger partial charge in [-0.05, 0) is 12.0 Å². The Morgan fingerprint density at radius 2 is 2.32 bits per heavy atom. The zero-order chi connectivity index (χ0) is 14.0. The molecule has 2 heterocycles. The molecule has 0 amide bonds. The summed E-state index contributed by atoms with van der Waals surface area (Å²) in [6.45, 7) is 4.23.